The molecule has 6 unspecified atom stereocenters. The van der Waals surface area contributed by atoms with Crippen LogP contribution < -0.4 is 18.9 Å². The Morgan fingerprint density at radius 2 is 1.73 bits per heavy atom. The molecule has 6 atom stereocenters. The van der Waals surface area contributed by atoms with Gasteiger partial charge in [-0.3, -0.25) is 4.79 Å². The smallest absolute Gasteiger partial charge is 0.229 e. The van der Waals surface area contributed by atoms with Crippen LogP contribution in [0.5, 0.6) is 23.0 Å². The molecule has 2 aromatic rings. The summed E-state index contributed by atoms with van der Waals surface area (Å²) in [5, 5.41) is 39.9. The Balaban J connectivity index is 1.74. The van der Waals surface area contributed by atoms with Crippen LogP contribution in [0.1, 0.15) is 28.4 Å². The molecule has 0 spiro atoms. The number of Topliss-reactive ketones (excluding diaryl/α,β-unsaturated/α-hetero) is 1. The lowest BCUT2D eigenvalue weighted by Crippen LogP contribution is -2.60. The summed E-state index contributed by atoms with van der Waals surface area (Å²) in [5.74, 6) is 0.190. The molecule has 2 aliphatic heterocycles. The normalized spacial score (nSPS) is 29.1. The summed E-state index contributed by atoms with van der Waals surface area (Å²) in [7, 11) is 2.82. The lowest BCUT2D eigenvalue weighted by molar-refractivity contribution is -0.277. The zero-order chi connectivity index (χ0) is 23.7. The van der Waals surface area contributed by atoms with E-state index < -0.39 is 43.4 Å². The van der Waals surface area contributed by atoms with Gasteiger partial charge in [-0.25, -0.2) is 0 Å². The summed E-state index contributed by atoms with van der Waals surface area (Å²) in [6.45, 7) is -0.615. The minimum absolute atomic E-state index is 0.0245. The number of benzene rings is 2. The first-order chi connectivity index (χ1) is 15.9. The second kappa shape index (κ2) is 9.54. The van der Waals surface area contributed by atoms with Crippen LogP contribution in [0.3, 0.4) is 0 Å². The zero-order valence-electron chi connectivity index (χ0n) is 18.1. The van der Waals surface area contributed by atoms with Crippen molar-refractivity contribution < 1.29 is 48.9 Å². The predicted octanol–water partition coefficient (Wildman–Crippen LogP) is 0.589. The summed E-state index contributed by atoms with van der Waals surface area (Å²) in [6, 6.07) is 10.6. The molecule has 10 nitrogen and oxygen atoms in total. The number of methoxy groups -OCH3 is 2. The number of aliphatic hydroxyl groups is 4. The summed E-state index contributed by atoms with van der Waals surface area (Å²) < 4.78 is 28.2. The van der Waals surface area contributed by atoms with E-state index in [1.165, 1.54) is 20.3 Å². The summed E-state index contributed by atoms with van der Waals surface area (Å²) in [5.41, 5.74) is 0.870. The molecule has 2 aromatic carbocycles. The predicted molar refractivity (Wildman–Crippen MR) is 113 cm³/mol. The van der Waals surface area contributed by atoms with Crippen molar-refractivity contribution in [1.82, 2.24) is 0 Å². The molecule has 2 heterocycles. The third-order valence-electron chi connectivity index (χ3n) is 5.76. The van der Waals surface area contributed by atoms with Gasteiger partial charge >= 0.3 is 0 Å². The van der Waals surface area contributed by atoms with Crippen LogP contribution in [-0.4, -0.2) is 77.7 Å². The highest BCUT2D eigenvalue weighted by Gasteiger charge is 2.46. The van der Waals surface area contributed by atoms with E-state index in [-0.39, 0.29) is 40.8 Å². The Kier molecular flexibility index (Phi) is 6.73. The fraction of sp³-hybridized carbons (Fsp3) is 0.435. The Morgan fingerprint density at radius 3 is 2.36 bits per heavy atom. The van der Waals surface area contributed by atoms with E-state index in [2.05, 4.69) is 0 Å². The highest BCUT2D eigenvalue weighted by Crippen LogP contribution is 2.50. The van der Waals surface area contributed by atoms with Gasteiger partial charge in [0, 0.05) is 6.07 Å². The van der Waals surface area contributed by atoms with Crippen molar-refractivity contribution in [3.05, 3.63) is 47.5 Å². The Bertz CT molecular complexity index is 992. The molecular formula is C23H26O10. The lowest BCUT2D eigenvalue weighted by atomic mass is 9.94. The highest BCUT2D eigenvalue weighted by atomic mass is 16.7. The number of hydrogen-bond acceptors (Lipinski definition) is 10. The lowest BCUT2D eigenvalue weighted by Gasteiger charge is -2.40. The Labute approximate surface area is 189 Å². The van der Waals surface area contributed by atoms with Gasteiger partial charge in [0.1, 0.15) is 41.8 Å². The molecule has 4 rings (SSSR count). The molecule has 1 fully saturated rings. The Hall–Kier alpha value is -2.89. The van der Waals surface area contributed by atoms with E-state index in [1.54, 1.807) is 0 Å². The molecule has 0 aliphatic carbocycles. The molecule has 2 aliphatic rings. The van der Waals surface area contributed by atoms with E-state index in [0.717, 1.165) is 5.56 Å². The number of hydrogen-bond donors (Lipinski definition) is 4. The molecule has 33 heavy (non-hydrogen) atoms. The summed E-state index contributed by atoms with van der Waals surface area (Å²) in [4.78, 5) is 13.2. The van der Waals surface area contributed by atoms with Crippen molar-refractivity contribution in [2.45, 2.75) is 43.2 Å². The number of carbonyl (C=O) groups is 1. The first-order valence-corrected chi connectivity index (χ1v) is 10.4. The van der Waals surface area contributed by atoms with Gasteiger partial charge in [0.05, 0.1) is 27.2 Å². The number of carbonyl (C=O) groups excluding carboxylic acids is 1. The Morgan fingerprint density at radius 1 is 1.00 bits per heavy atom. The van der Waals surface area contributed by atoms with Gasteiger partial charge in [0.15, 0.2) is 17.3 Å². The third-order valence-corrected chi connectivity index (χ3v) is 5.76. The van der Waals surface area contributed by atoms with Gasteiger partial charge in [-0.05, 0) is 5.56 Å². The molecule has 10 heteroatoms. The van der Waals surface area contributed by atoms with Gasteiger partial charge < -0.3 is 44.1 Å². The van der Waals surface area contributed by atoms with Crippen LogP contribution >= 0.6 is 0 Å². The second-order valence-corrected chi connectivity index (χ2v) is 7.77. The van der Waals surface area contributed by atoms with Gasteiger partial charge in [-0.1, -0.05) is 30.3 Å². The van der Waals surface area contributed by atoms with E-state index in [9.17, 15) is 25.2 Å². The molecular weight excluding hydrogens is 436 g/mol. The van der Waals surface area contributed by atoms with Crippen LogP contribution in [-0.2, 0) is 4.74 Å². The number of fused-ring (bicyclic) bond motifs is 1. The van der Waals surface area contributed by atoms with Crippen molar-refractivity contribution in [3.63, 3.8) is 0 Å². The average molecular weight is 462 g/mol. The quantitative estimate of drug-likeness (QED) is 0.481. The minimum Gasteiger partial charge on any atom is -0.493 e. The molecule has 1 saturated heterocycles. The highest BCUT2D eigenvalue weighted by molar-refractivity contribution is 6.04. The van der Waals surface area contributed by atoms with Crippen molar-refractivity contribution in [2.75, 3.05) is 20.8 Å². The number of rotatable bonds is 6. The maximum absolute atomic E-state index is 13.2. The monoisotopic (exact) mass is 462 g/mol. The van der Waals surface area contributed by atoms with Crippen LogP contribution in [0, 0.1) is 0 Å². The largest absolute Gasteiger partial charge is 0.493 e. The van der Waals surface area contributed by atoms with Gasteiger partial charge in [-0.15, -0.1) is 0 Å². The van der Waals surface area contributed by atoms with Crippen LogP contribution in [0.15, 0.2) is 36.4 Å². The van der Waals surface area contributed by atoms with Crippen LogP contribution in [0.4, 0.5) is 0 Å². The van der Waals surface area contributed by atoms with Gasteiger partial charge in [0.2, 0.25) is 12.0 Å². The number of ketones is 1. The third kappa shape index (κ3) is 4.23. The summed E-state index contributed by atoms with van der Waals surface area (Å²) >= 11 is 0. The van der Waals surface area contributed by atoms with E-state index in [1.807, 2.05) is 30.3 Å². The van der Waals surface area contributed by atoms with Crippen molar-refractivity contribution >= 4 is 5.78 Å². The number of ether oxygens (including phenoxy) is 5. The second-order valence-electron chi connectivity index (χ2n) is 7.77. The SMILES string of the molecule is COc1cc(OC2OC(CO)C(O)C(O)C2O)c2c(c1OC)OC(c1ccccc1)CC2=O. The molecule has 178 valence electrons. The van der Waals surface area contributed by atoms with Crippen molar-refractivity contribution in [2.24, 2.45) is 0 Å². The molecule has 0 amide bonds. The molecule has 0 saturated carbocycles. The zero-order valence-corrected chi connectivity index (χ0v) is 18.1. The van der Waals surface area contributed by atoms with Crippen LogP contribution in [0.25, 0.3) is 0 Å². The van der Waals surface area contributed by atoms with Gasteiger partial charge in [-0.2, -0.15) is 0 Å². The molecule has 0 radical (unpaired) electrons. The maximum Gasteiger partial charge on any atom is 0.229 e. The van der Waals surface area contributed by atoms with Gasteiger partial charge in [0.25, 0.3) is 0 Å². The molecule has 0 aromatic heterocycles. The van der Waals surface area contributed by atoms with Crippen molar-refractivity contribution in [1.29, 1.82) is 0 Å². The fourth-order valence-corrected chi connectivity index (χ4v) is 4.01. The van der Waals surface area contributed by atoms with E-state index in [4.69, 9.17) is 23.7 Å². The van der Waals surface area contributed by atoms with E-state index >= 15 is 0 Å². The minimum atomic E-state index is -1.65. The van der Waals surface area contributed by atoms with Crippen LogP contribution in [0.2, 0.25) is 0 Å². The van der Waals surface area contributed by atoms with Crippen molar-refractivity contribution in [3.8, 4) is 23.0 Å². The first kappa shape index (κ1) is 23.3. The van der Waals surface area contributed by atoms with E-state index in [0.29, 0.717) is 0 Å². The topological polar surface area (TPSA) is 144 Å². The number of aliphatic hydroxyl groups excluding tert-OH is 4. The standard InChI is InChI=1S/C23H26O10/c1-29-15-9-14(32-23-20(28)19(27)18(26)16(10-24)33-23)17-12(25)8-13(11-6-4-3-5-7-11)31-22(17)21(15)30-2/h3-7,9,13,16,18-20,23-24,26-28H,8,10H2,1-2H3. The average Bonchev–Trinajstić information content (AvgIpc) is 2.84. The maximum atomic E-state index is 13.2. The fourth-order valence-electron chi connectivity index (χ4n) is 4.01. The first-order valence-electron chi connectivity index (χ1n) is 10.4. The summed E-state index contributed by atoms with van der Waals surface area (Å²) in [6.07, 6.45) is -8.01. The molecule has 0 bridgehead atoms. The molecule has 4 N–H and O–H groups in total.